The number of nitrogens with zero attached hydrogens (tertiary/aromatic N) is 2. The lowest BCUT2D eigenvalue weighted by molar-refractivity contribution is 0.171. The van der Waals surface area contributed by atoms with Gasteiger partial charge in [0.25, 0.3) is 0 Å². The fraction of sp³-hybridized carbons (Fsp3) is 0.353. The van der Waals surface area contributed by atoms with E-state index in [1.165, 1.54) is 6.07 Å². The molecule has 0 radical (unpaired) electrons. The molecular weight excluding hydrogens is 342 g/mol. The third kappa shape index (κ3) is 3.03. The van der Waals surface area contributed by atoms with Gasteiger partial charge in [0.15, 0.2) is 11.5 Å². The Morgan fingerprint density at radius 2 is 1.96 bits per heavy atom. The van der Waals surface area contributed by atoms with Gasteiger partial charge in [-0.15, -0.1) is 0 Å². The normalized spacial score (nSPS) is 19.9. The molecule has 0 saturated carbocycles. The maximum Gasteiger partial charge on any atom is 0.241 e. The molecule has 2 N–H and O–H groups in total. The zero-order valence-electron chi connectivity index (χ0n) is 13.6. The first-order valence-corrected chi connectivity index (χ1v) is 9.73. The van der Waals surface area contributed by atoms with E-state index < -0.39 is 10.0 Å². The lowest BCUT2D eigenvalue weighted by Gasteiger charge is -2.28. The second-order valence-electron chi connectivity index (χ2n) is 6.12. The molecule has 7 nitrogen and oxygen atoms in total. The number of primary sulfonamides is 1. The molecule has 0 spiro atoms. The molecule has 0 unspecified atom stereocenters. The molecule has 1 aromatic carbocycles. The molecule has 1 aromatic heterocycles. The van der Waals surface area contributed by atoms with Crippen LogP contribution in [-0.2, 0) is 10.0 Å². The van der Waals surface area contributed by atoms with Crippen molar-refractivity contribution in [3.63, 3.8) is 0 Å². The maximum atomic E-state index is 11.9. The lowest BCUT2D eigenvalue weighted by Crippen LogP contribution is -2.27. The Balaban J connectivity index is 1.73. The molecule has 2 aliphatic rings. The summed E-state index contributed by atoms with van der Waals surface area (Å²) in [5.74, 6) is 1.87. The molecule has 1 saturated heterocycles. The van der Waals surface area contributed by atoms with Gasteiger partial charge in [0.2, 0.25) is 10.0 Å². The molecule has 1 fully saturated rings. The molecule has 8 heteroatoms. The summed E-state index contributed by atoms with van der Waals surface area (Å²) < 4.78 is 35.1. The highest BCUT2D eigenvalue weighted by Crippen LogP contribution is 2.40. The number of fused-ring (bicyclic) bond motifs is 1. The van der Waals surface area contributed by atoms with Crippen LogP contribution in [0.5, 0.6) is 11.5 Å². The first kappa shape index (κ1) is 16.2. The number of ether oxygens (including phenoxy) is 2. The highest BCUT2D eigenvalue weighted by atomic mass is 32.2. The zero-order valence-corrected chi connectivity index (χ0v) is 14.4. The van der Waals surface area contributed by atoms with Crippen LogP contribution in [0.25, 0.3) is 0 Å². The topological polar surface area (TPSA) is 94.8 Å². The zero-order chi connectivity index (χ0) is 17.4. The minimum atomic E-state index is -3.84. The molecule has 3 heterocycles. The number of hydrogen-bond acceptors (Lipinski definition) is 6. The van der Waals surface area contributed by atoms with Gasteiger partial charge in [-0.2, -0.15) is 0 Å². The van der Waals surface area contributed by atoms with Crippen molar-refractivity contribution in [2.24, 2.45) is 5.14 Å². The number of rotatable bonds is 3. The Labute approximate surface area is 146 Å². The van der Waals surface area contributed by atoms with Crippen LogP contribution in [0, 0.1) is 0 Å². The third-order valence-corrected chi connectivity index (χ3v) is 5.46. The van der Waals surface area contributed by atoms with Crippen LogP contribution in [0.3, 0.4) is 0 Å². The number of pyridine rings is 1. The van der Waals surface area contributed by atoms with E-state index in [1.807, 2.05) is 23.1 Å². The summed E-state index contributed by atoms with van der Waals surface area (Å²) >= 11 is 0. The van der Waals surface area contributed by atoms with E-state index in [4.69, 9.17) is 14.6 Å². The summed E-state index contributed by atoms with van der Waals surface area (Å²) in [6.45, 7) is 1.80. The standard InChI is InChI=1S/C17H19N3O4S/c18-25(21,22)16-4-1-7-19-17(16)20-8-2-3-13(20)12-5-6-14-15(11-12)24-10-9-23-14/h1,4-7,11,13H,2-3,8-10H2,(H2,18,21,22)/t13-/m1/s1. The van der Waals surface area contributed by atoms with Crippen LogP contribution < -0.4 is 19.5 Å². The first-order valence-electron chi connectivity index (χ1n) is 8.18. The number of sulfonamides is 1. The Kier molecular flexibility index (Phi) is 4.01. The van der Waals surface area contributed by atoms with Gasteiger partial charge >= 0.3 is 0 Å². The number of hydrogen-bond donors (Lipinski definition) is 1. The summed E-state index contributed by atoms with van der Waals surface area (Å²) in [7, 11) is -3.84. The fourth-order valence-corrected chi connectivity index (χ4v) is 4.15. The van der Waals surface area contributed by atoms with Crippen molar-refractivity contribution in [3.05, 3.63) is 42.1 Å². The Hall–Kier alpha value is -2.32. The Morgan fingerprint density at radius 3 is 2.76 bits per heavy atom. The largest absolute Gasteiger partial charge is 0.486 e. The van der Waals surface area contributed by atoms with E-state index in [0.29, 0.717) is 19.0 Å². The molecule has 4 rings (SSSR count). The summed E-state index contributed by atoms with van der Waals surface area (Å²) in [4.78, 5) is 6.36. The van der Waals surface area contributed by atoms with Crippen molar-refractivity contribution >= 4 is 15.8 Å². The van der Waals surface area contributed by atoms with Gasteiger partial charge in [-0.1, -0.05) is 6.07 Å². The quantitative estimate of drug-likeness (QED) is 0.896. The van der Waals surface area contributed by atoms with Crippen molar-refractivity contribution in [2.75, 3.05) is 24.7 Å². The smallest absolute Gasteiger partial charge is 0.241 e. The third-order valence-electron chi connectivity index (χ3n) is 4.53. The molecule has 0 bridgehead atoms. The van der Waals surface area contributed by atoms with E-state index in [0.717, 1.165) is 36.4 Å². The predicted octanol–water partition coefficient (Wildman–Crippen LogP) is 1.84. The monoisotopic (exact) mass is 361 g/mol. The van der Waals surface area contributed by atoms with Crippen LogP contribution in [0.1, 0.15) is 24.4 Å². The van der Waals surface area contributed by atoms with Crippen LogP contribution in [0.15, 0.2) is 41.4 Å². The molecule has 2 aromatic rings. The Bertz CT molecular complexity index is 901. The highest BCUT2D eigenvalue weighted by molar-refractivity contribution is 7.89. The van der Waals surface area contributed by atoms with Crippen molar-refractivity contribution < 1.29 is 17.9 Å². The van der Waals surface area contributed by atoms with Crippen molar-refractivity contribution in [2.45, 2.75) is 23.8 Å². The van der Waals surface area contributed by atoms with E-state index in [9.17, 15) is 8.42 Å². The second-order valence-corrected chi connectivity index (χ2v) is 7.65. The van der Waals surface area contributed by atoms with Crippen LogP contribution in [-0.4, -0.2) is 33.2 Å². The fourth-order valence-electron chi connectivity index (χ4n) is 3.45. The number of anilines is 1. The molecule has 0 aliphatic carbocycles. The van der Waals surface area contributed by atoms with Gasteiger partial charge in [0.05, 0.1) is 6.04 Å². The van der Waals surface area contributed by atoms with E-state index in [-0.39, 0.29) is 10.9 Å². The van der Waals surface area contributed by atoms with Crippen molar-refractivity contribution in [3.8, 4) is 11.5 Å². The van der Waals surface area contributed by atoms with Crippen LogP contribution >= 0.6 is 0 Å². The van der Waals surface area contributed by atoms with Gasteiger partial charge in [0, 0.05) is 12.7 Å². The highest BCUT2D eigenvalue weighted by Gasteiger charge is 2.31. The minimum Gasteiger partial charge on any atom is -0.486 e. The van der Waals surface area contributed by atoms with Gasteiger partial charge < -0.3 is 14.4 Å². The summed E-state index contributed by atoms with van der Waals surface area (Å²) in [5, 5.41) is 5.37. The first-order chi connectivity index (χ1) is 12.0. The van der Waals surface area contributed by atoms with Crippen LogP contribution in [0.2, 0.25) is 0 Å². The predicted molar refractivity (Wildman–Crippen MR) is 92.4 cm³/mol. The molecule has 132 valence electrons. The molecule has 0 amide bonds. The summed E-state index contributed by atoms with van der Waals surface area (Å²) in [6.07, 6.45) is 3.43. The number of benzene rings is 1. The van der Waals surface area contributed by atoms with Gasteiger partial charge in [0.1, 0.15) is 23.9 Å². The SMILES string of the molecule is NS(=O)(=O)c1cccnc1N1CCC[C@@H]1c1ccc2c(c1)OCCO2. The summed E-state index contributed by atoms with van der Waals surface area (Å²) in [6, 6.07) is 8.97. The van der Waals surface area contributed by atoms with Gasteiger partial charge in [-0.3, -0.25) is 0 Å². The Morgan fingerprint density at radius 1 is 1.16 bits per heavy atom. The van der Waals surface area contributed by atoms with Crippen LogP contribution in [0.4, 0.5) is 5.82 Å². The number of aromatic nitrogens is 1. The average Bonchev–Trinajstić information content (AvgIpc) is 3.10. The molecule has 25 heavy (non-hydrogen) atoms. The van der Waals surface area contributed by atoms with E-state index >= 15 is 0 Å². The number of nitrogens with two attached hydrogens (primary N) is 1. The lowest BCUT2D eigenvalue weighted by atomic mass is 10.0. The molecular formula is C17H19N3O4S. The van der Waals surface area contributed by atoms with E-state index in [1.54, 1.807) is 12.3 Å². The maximum absolute atomic E-state index is 11.9. The van der Waals surface area contributed by atoms with Crippen molar-refractivity contribution in [1.82, 2.24) is 4.98 Å². The summed E-state index contributed by atoms with van der Waals surface area (Å²) in [5.41, 5.74) is 1.05. The average molecular weight is 361 g/mol. The minimum absolute atomic E-state index is 0.0197. The second kappa shape index (κ2) is 6.20. The van der Waals surface area contributed by atoms with Crippen molar-refractivity contribution in [1.29, 1.82) is 0 Å². The van der Waals surface area contributed by atoms with E-state index in [2.05, 4.69) is 4.98 Å². The van der Waals surface area contributed by atoms with Gasteiger partial charge in [-0.05, 0) is 42.7 Å². The molecule has 1 atom stereocenters. The molecule has 2 aliphatic heterocycles. The van der Waals surface area contributed by atoms with Gasteiger partial charge in [-0.25, -0.2) is 18.5 Å².